The second-order valence-electron chi connectivity index (χ2n) is 7.62. The van der Waals surface area contributed by atoms with Gasteiger partial charge < -0.3 is 19.1 Å². The summed E-state index contributed by atoms with van der Waals surface area (Å²) in [6.07, 6.45) is 4.12. The van der Waals surface area contributed by atoms with Crippen LogP contribution < -0.4 is 14.2 Å². The first kappa shape index (κ1) is 24.5. The Bertz CT molecular complexity index is 927. The van der Waals surface area contributed by atoms with Crippen LogP contribution in [0.2, 0.25) is 0 Å². The molecule has 0 saturated carbocycles. The van der Waals surface area contributed by atoms with Crippen molar-refractivity contribution in [3.8, 4) is 17.2 Å². The number of ether oxygens (including phenoxy) is 3. The average molecular weight is 461 g/mol. The monoisotopic (exact) mass is 460 g/mol. The molecule has 0 radical (unpaired) electrons. The zero-order valence-electron chi connectivity index (χ0n) is 19.0. The van der Waals surface area contributed by atoms with Gasteiger partial charge in [-0.3, -0.25) is 9.69 Å². The molecule has 178 valence electrons. The summed E-state index contributed by atoms with van der Waals surface area (Å²) in [5.41, 5.74) is 1.93. The normalized spacial score (nSPS) is 14.6. The van der Waals surface area contributed by atoms with E-state index in [0.717, 1.165) is 31.8 Å². The maximum atomic E-state index is 12.6. The first-order chi connectivity index (χ1) is 16.0. The van der Waals surface area contributed by atoms with Gasteiger partial charge in [0.2, 0.25) is 5.91 Å². The molecule has 1 aliphatic heterocycles. The minimum absolute atomic E-state index is 0.0268. The van der Waals surface area contributed by atoms with E-state index in [-0.39, 0.29) is 17.4 Å². The fourth-order valence-electron chi connectivity index (χ4n) is 3.63. The SMILES string of the molecule is CCOc1cc(/C=C/C(=O)N2CCN(CCc3ccc(OC)cc3)CC2)ccc1OC(F)F. The largest absolute Gasteiger partial charge is 0.497 e. The van der Waals surface area contributed by atoms with E-state index in [4.69, 9.17) is 9.47 Å². The van der Waals surface area contributed by atoms with Crippen molar-refractivity contribution in [3.05, 3.63) is 59.7 Å². The number of carbonyl (C=O) groups is 1. The Morgan fingerprint density at radius 2 is 1.79 bits per heavy atom. The number of carbonyl (C=O) groups excluding carboxylic acids is 1. The molecule has 8 heteroatoms. The Balaban J connectivity index is 1.48. The van der Waals surface area contributed by atoms with Crippen LogP contribution in [0.4, 0.5) is 8.78 Å². The zero-order chi connectivity index (χ0) is 23.6. The minimum Gasteiger partial charge on any atom is -0.497 e. The van der Waals surface area contributed by atoms with Crippen molar-refractivity contribution in [2.45, 2.75) is 20.0 Å². The molecule has 2 aromatic carbocycles. The van der Waals surface area contributed by atoms with E-state index >= 15 is 0 Å². The molecule has 0 bridgehead atoms. The van der Waals surface area contributed by atoms with Crippen LogP contribution in [0, 0.1) is 0 Å². The van der Waals surface area contributed by atoms with Crippen LogP contribution in [0.1, 0.15) is 18.1 Å². The second kappa shape index (κ2) is 12.2. The quantitative estimate of drug-likeness (QED) is 0.500. The van der Waals surface area contributed by atoms with Gasteiger partial charge in [0.05, 0.1) is 13.7 Å². The fraction of sp³-hybridized carbons (Fsp3) is 0.400. The Hall–Kier alpha value is -3.13. The lowest BCUT2D eigenvalue weighted by atomic mass is 10.1. The Labute approximate surface area is 193 Å². The molecule has 2 aromatic rings. The number of nitrogens with zero attached hydrogens (tertiary/aromatic N) is 2. The number of hydrogen-bond acceptors (Lipinski definition) is 5. The van der Waals surface area contributed by atoms with E-state index in [9.17, 15) is 13.6 Å². The number of rotatable bonds is 10. The summed E-state index contributed by atoms with van der Waals surface area (Å²) in [4.78, 5) is 16.8. The van der Waals surface area contributed by atoms with Crippen LogP contribution in [0.5, 0.6) is 17.2 Å². The number of methoxy groups -OCH3 is 1. The van der Waals surface area contributed by atoms with E-state index in [1.54, 1.807) is 32.2 Å². The van der Waals surface area contributed by atoms with E-state index in [0.29, 0.717) is 25.3 Å². The first-order valence-electron chi connectivity index (χ1n) is 11.0. The predicted molar refractivity (Wildman–Crippen MR) is 123 cm³/mol. The number of benzene rings is 2. The number of hydrogen-bond donors (Lipinski definition) is 0. The van der Waals surface area contributed by atoms with Crippen LogP contribution in [0.3, 0.4) is 0 Å². The highest BCUT2D eigenvalue weighted by molar-refractivity contribution is 5.92. The first-order valence-corrected chi connectivity index (χ1v) is 11.0. The summed E-state index contributed by atoms with van der Waals surface area (Å²) >= 11 is 0. The average Bonchev–Trinajstić information content (AvgIpc) is 2.83. The maximum Gasteiger partial charge on any atom is 0.387 e. The molecule has 1 saturated heterocycles. The maximum absolute atomic E-state index is 12.6. The van der Waals surface area contributed by atoms with Crippen molar-refractivity contribution in [2.75, 3.05) is 46.4 Å². The van der Waals surface area contributed by atoms with Crippen LogP contribution in [0.25, 0.3) is 6.08 Å². The Kier molecular flexibility index (Phi) is 9.06. The molecular weight excluding hydrogens is 430 g/mol. The molecule has 1 fully saturated rings. The third-order valence-electron chi connectivity index (χ3n) is 5.46. The van der Waals surface area contributed by atoms with Crippen molar-refractivity contribution < 1.29 is 27.8 Å². The molecule has 0 aromatic heterocycles. The Morgan fingerprint density at radius 3 is 2.42 bits per heavy atom. The van der Waals surface area contributed by atoms with Gasteiger partial charge in [-0.05, 0) is 54.8 Å². The van der Waals surface area contributed by atoms with Gasteiger partial charge in [-0.15, -0.1) is 0 Å². The molecule has 0 aliphatic carbocycles. The molecule has 1 aliphatic rings. The highest BCUT2D eigenvalue weighted by Gasteiger charge is 2.19. The topological polar surface area (TPSA) is 51.2 Å². The van der Waals surface area contributed by atoms with E-state index in [2.05, 4.69) is 21.8 Å². The van der Waals surface area contributed by atoms with E-state index in [1.807, 2.05) is 17.0 Å². The lowest BCUT2D eigenvalue weighted by Crippen LogP contribution is -2.48. The van der Waals surface area contributed by atoms with E-state index in [1.165, 1.54) is 17.7 Å². The van der Waals surface area contributed by atoms with Crippen LogP contribution in [0.15, 0.2) is 48.5 Å². The molecule has 1 amide bonds. The lowest BCUT2D eigenvalue weighted by Gasteiger charge is -2.34. The minimum atomic E-state index is -2.93. The summed E-state index contributed by atoms with van der Waals surface area (Å²) in [6.45, 7) is 3.06. The number of amides is 1. The highest BCUT2D eigenvalue weighted by atomic mass is 19.3. The summed E-state index contributed by atoms with van der Waals surface area (Å²) in [5.74, 6) is 0.972. The lowest BCUT2D eigenvalue weighted by molar-refractivity contribution is -0.127. The van der Waals surface area contributed by atoms with Gasteiger partial charge in [0.1, 0.15) is 5.75 Å². The molecule has 3 rings (SSSR count). The molecule has 0 atom stereocenters. The van der Waals surface area contributed by atoms with Gasteiger partial charge in [-0.1, -0.05) is 18.2 Å². The molecule has 0 N–H and O–H groups in total. The van der Waals surface area contributed by atoms with Crippen LogP contribution in [-0.2, 0) is 11.2 Å². The standard InChI is InChI=1S/C25H30F2N2O4/c1-3-32-23-18-20(6-10-22(23)33-25(26)27)7-11-24(30)29-16-14-28(15-17-29)13-12-19-4-8-21(31-2)9-5-19/h4-11,18,25H,3,12-17H2,1-2H3/b11-7+. The van der Waals surface area contributed by atoms with Crippen LogP contribution >= 0.6 is 0 Å². The van der Waals surface area contributed by atoms with Crippen LogP contribution in [-0.4, -0.2) is 68.8 Å². The number of piperazine rings is 1. The molecular formula is C25H30F2N2O4. The van der Waals surface area contributed by atoms with Crippen molar-refractivity contribution in [2.24, 2.45) is 0 Å². The van der Waals surface area contributed by atoms with Gasteiger partial charge in [0.15, 0.2) is 11.5 Å². The zero-order valence-corrected chi connectivity index (χ0v) is 19.0. The van der Waals surface area contributed by atoms with Gasteiger partial charge in [0.25, 0.3) is 0 Å². The third-order valence-corrected chi connectivity index (χ3v) is 5.46. The highest BCUT2D eigenvalue weighted by Crippen LogP contribution is 2.30. The van der Waals surface area contributed by atoms with Gasteiger partial charge >= 0.3 is 6.61 Å². The van der Waals surface area contributed by atoms with Gasteiger partial charge in [-0.2, -0.15) is 8.78 Å². The van der Waals surface area contributed by atoms with Crippen molar-refractivity contribution >= 4 is 12.0 Å². The van der Waals surface area contributed by atoms with Crippen molar-refractivity contribution in [3.63, 3.8) is 0 Å². The Morgan fingerprint density at radius 1 is 1.06 bits per heavy atom. The fourth-order valence-corrected chi connectivity index (χ4v) is 3.63. The van der Waals surface area contributed by atoms with Crippen molar-refractivity contribution in [1.29, 1.82) is 0 Å². The molecule has 1 heterocycles. The van der Waals surface area contributed by atoms with Crippen molar-refractivity contribution in [1.82, 2.24) is 9.80 Å². The van der Waals surface area contributed by atoms with Gasteiger partial charge in [-0.25, -0.2) is 0 Å². The molecule has 0 unspecified atom stereocenters. The number of halogens is 2. The molecule has 6 nitrogen and oxygen atoms in total. The summed E-state index contributed by atoms with van der Waals surface area (Å²) in [5, 5.41) is 0. The number of alkyl halides is 2. The predicted octanol–water partition coefficient (Wildman–Crippen LogP) is 4.10. The smallest absolute Gasteiger partial charge is 0.387 e. The van der Waals surface area contributed by atoms with Gasteiger partial charge in [0, 0.05) is 38.8 Å². The van der Waals surface area contributed by atoms with E-state index < -0.39 is 6.61 Å². The summed E-state index contributed by atoms with van der Waals surface area (Å²) < 4.78 is 40.1. The third kappa shape index (κ3) is 7.46. The summed E-state index contributed by atoms with van der Waals surface area (Å²) in [7, 11) is 1.66. The molecule has 33 heavy (non-hydrogen) atoms. The summed E-state index contributed by atoms with van der Waals surface area (Å²) in [6, 6.07) is 12.7. The second-order valence-corrected chi connectivity index (χ2v) is 7.62. The molecule has 0 spiro atoms.